The average molecular weight is 453 g/mol. The minimum absolute atomic E-state index is 0.164. The molecule has 0 radical (unpaired) electrons. The van der Waals surface area contributed by atoms with Gasteiger partial charge in [-0.05, 0) is 22.6 Å². The van der Waals surface area contributed by atoms with Crippen molar-refractivity contribution in [1.82, 2.24) is 10.2 Å². The smallest absolute Gasteiger partial charge is 0.261 e. The fraction of sp³-hybridized carbons (Fsp3) is 0.172. The van der Waals surface area contributed by atoms with Crippen molar-refractivity contribution in [2.45, 2.75) is 19.0 Å². The van der Waals surface area contributed by atoms with Crippen LogP contribution < -0.4 is 10.1 Å². The molecule has 5 heteroatoms. The Labute approximate surface area is 200 Å². The second kappa shape index (κ2) is 11.1. The van der Waals surface area contributed by atoms with E-state index in [0.717, 1.165) is 21.9 Å². The fourth-order valence-electron chi connectivity index (χ4n) is 4.04. The zero-order chi connectivity index (χ0) is 23.8. The molecule has 34 heavy (non-hydrogen) atoms. The van der Waals surface area contributed by atoms with Crippen molar-refractivity contribution >= 4 is 22.6 Å². The number of carbonyl (C=O) groups excluding carboxylic acids is 2. The fourth-order valence-corrected chi connectivity index (χ4v) is 4.04. The van der Waals surface area contributed by atoms with Crippen LogP contribution in [0.4, 0.5) is 0 Å². The van der Waals surface area contributed by atoms with Crippen LogP contribution in [0, 0.1) is 0 Å². The van der Waals surface area contributed by atoms with E-state index in [1.807, 2.05) is 103 Å². The van der Waals surface area contributed by atoms with E-state index in [4.69, 9.17) is 4.74 Å². The maximum Gasteiger partial charge on any atom is 0.261 e. The van der Waals surface area contributed by atoms with Gasteiger partial charge in [-0.2, -0.15) is 0 Å². The van der Waals surface area contributed by atoms with Crippen LogP contribution >= 0.6 is 0 Å². The predicted molar refractivity (Wildman–Crippen MR) is 134 cm³/mol. The van der Waals surface area contributed by atoms with Gasteiger partial charge in [0.2, 0.25) is 5.91 Å². The Balaban J connectivity index is 1.60. The molecule has 0 aliphatic heterocycles. The number of benzene rings is 4. The molecular formula is C29H28N2O3. The number of nitrogens with zero attached hydrogens (tertiary/aromatic N) is 1. The third-order valence-corrected chi connectivity index (χ3v) is 5.81. The second-order valence-electron chi connectivity index (χ2n) is 8.09. The van der Waals surface area contributed by atoms with Gasteiger partial charge in [0, 0.05) is 25.4 Å². The van der Waals surface area contributed by atoms with Crippen LogP contribution in [0.2, 0.25) is 0 Å². The lowest BCUT2D eigenvalue weighted by molar-refractivity contribution is -0.142. The first-order valence-electron chi connectivity index (χ1n) is 11.3. The first kappa shape index (κ1) is 23.1. The van der Waals surface area contributed by atoms with Crippen molar-refractivity contribution < 1.29 is 14.3 Å². The Morgan fingerprint density at radius 2 is 1.41 bits per heavy atom. The van der Waals surface area contributed by atoms with E-state index < -0.39 is 6.04 Å². The molecule has 5 nitrogen and oxygen atoms in total. The molecule has 0 aliphatic carbocycles. The van der Waals surface area contributed by atoms with Gasteiger partial charge in [-0.1, -0.05) is 97.1 Å². The number of likely N-dealkylation sites (N-methyl/N-ethyl adjacent to an activating group) is 1. The summed E-state index contributed by atoms with van der Waals surface area (Å²) in [6, 6.07) is 32.4. The van der Waals surface area contributed by atoms with Crippen molar-refractivity contribution in [2.24, 2.45) is 0 Å². The van der Waals surface area contributed by atoms with E-state index in [1.165, 1.54) is 0 Å². The summed E-state index contributed by atoms with van der Waals surface area (Å²) < 4.78 is 5.99. The molecule has 4 rings (SSSR count). The SMILES string of the molecule is CNC(=O)[C@H](Cc1ccccc1)N(Cc1ccccc1)C(=O)COc1cccc2ccccc12. The summed E-state index contributed by atoms with van der Waals surface area (Å²) in [5, 5.41) is 4.72. The average Bonchev–Trinajstić information content (AvgIpc) is 2.90. The Hall–Kier alpha value is -4.12. The highest BCUT2D eigenvalue weighted by Crippen LogP contribution is 2.25. The van der Waals surface area contributed by atoms with Crippen molar-refractivity contribution in [3.63, 3.8) is 0 Å². The number of nitrogens with one attached hydrogen (secondary N) is 1. The van der Waals surface area contributed by atoms with Crippen LogP contribution in [0.15, 0.2) is 103 Å². The molecule has 0 fully saturated rings. The van der Waals surface area contributed by atoms with Crippen LogP contribution in [-0.2, 0) is 22.6 Å². The number of rotatable bonds is 9. The zero-order valence-electron chi connectivity index (χ0n) is 19.2. The number of ether oxygens (including phenoxy) is 1. The molecular weight excluding hydrogens is 424 g/mol. The molecule has 0 spiro atoms. The van der Waals surface area contributed by atoms with Crippen LogP contribution in [0.25, 0.3) is 10.8 Å². The molecule has 4 aromatic carbocycles. The van der Waals surface area contributed by atoms with Gasteiger partial charge in [0.1, 0.15) is 11.8 Å². The molecule has 0 heterocycles. The highest BCUT2D eigenvalue weighted by atomic mass is 16.5. The van der Waals surface area contributed by atoms with Gasteiger partial charge in [-0.15, -0.1) is 0 Å². The van der Waals surface area contributed by atoms with E-state index in [1.54, 1.807) is 11.9 Å². The van der Waals surface area contributed by atoms with Crippen molar-refractivity contribution in [3.8, 4) is 5.75 Å². The highest BCUT2D eigenvalue weighted by molar-refractivity contribution is 5.90. The molecule has 2 amide bonds. The molecule has 1 N–H and O–H groups in total. The molecule has 0 saturated heterocycles. The second-order valence-corrected chi connectivity index (χ2v) is 8.09. The van der Waals surface area contributed by atoms with E-state index in [-0.39, 0.29) is 18.4 Å². The van der Waals surface area contributed by atoms with Crippen LogP contribution in [-0.4, -0.2) is 36.4 Å². The first-order chi connectivity index (χ1) is 16.7. The molecule has 0 unspecified atom stereocenters. The predicted octanol–water partition coefficient (Wildman–Crippen LogP) is 4.60. The summed E-state index contributed by atoms with van der Waals surface area (Å²) in [5.74, 6) is 0.185. The summed E-state index contributed by atoms with van der Waals surface area (Å²) >= 11 is 0. The molecule has 172 valence electrons. The van der Waals surface area contributed by atoms with Gasteiger partial charge >= 0.3 is 0 Å². The third kappa shape index (κ3) is 5.62. The summed E-state index contributed by atoms with van der Waals surface area (Å²) in [4.78, 5) is 28.1. The number of carbonyl (C=O) groups is 2. The summed E-state index contributed by atoms with van der Waals surface area (Å²) in [5.41, 5.74) is 1.93. The van der Waals surface area contributed by atoms with Gasteiger partial charge in [0.25, 0.3) is 5.91 Å². The maximum atomic E-state index is 13.5. The van der Waals surface area contributed by atoms with Crippen LogP contribution in [0.1, 0.15) is 11.1 Å². The standard InChI is InChI=1S/C29H28N2O3/c1-30-29(33)26(19-22-11-4-2-5-12-22)31(20-23-13-6-3-7-14-23)28(32)21-34-27-18-10-16-24-15-8-9-17-25(24)27/h2-18,26H,19-21H2,1H3,(H,30,33)/t26-/m0/s1. The molecule has 0 aliphatic rings. The molecule has 0 aromatic heterocycles. The topological polar surface area (TPSA) is 58.6 Å². The minimum atomic E-state index is -0.670. The maximum absolute atomic E-state index is 13.5. The third-order valence-electron chi connectivity index (χ3n) is 5.81. The van der Waals surface area contributed by atoms with Crippen molar-refractivity contribution in [3.05, 3.63) is 114 Å². The summed E-state index contributed by atoms with van der Waals surface area (Å²) in [7, 11) is 1.60. The highest BCUT2D eigenvalue weighted by Gasteiger charge is 2.30. The Morgan fingerprint density at radius 1 is 0.794 bits per heavy atom. The number of fused-ring (bicyclic) bond motifs is 1. The monoisotopic (exact) mass is 452 g/mol. The molecule has 1 atom stereocenters. The Morgan fingerprint density at radius 3 is 2.12 bits per heavy atom. The van der Waals surface area contributed by atoms with E-state index in [2.05, 4.69) is 5.32 Å². The first-order valence-corrected chi connectivity index (χ1v) is 11.3. The molecule has 0 saturated carbocycles. The quantitative estimate of drug-likeness (QED) is 0.404. The van der Waals surface area contributed by atoms with E-state index >= 15 is 0 Å². The minimum Gasteiger partial charge on any atom is -0.483 e. The van der Waals surface area contributed by atoms with Crippen LogP contribution in [0.5, 0.6) is 5.75 Å². The van der Waals surface area contributed by atoms with Gasteiger partial charge < -0.3 is 15.0 Å². The Bertz CT molecular complexity index is 1240. The zero-order valence-corrected chi connectivity index (χ0v) is 19.2. The molecule has 0 bridgehead atoms. The lowest BCUT2D eigenvalue weighted by Gasteiger charge is -2.31. The normalized spacial score (nSPS) is 11.6. The lowest BCUT2D eigenvalue weighted by atomic mass is 10.0. The summed E-state index contributed by atoms with van der Waals surface area (Å²) in [6.45, 7) is 0.145. The van der Waals surface area contributed by atoms with Crippen LogP contribution in [0.3, 0.4) is 0 Å². The summed E-state index contributed by atoms with van der Waals surface area (Å²) in [6.07, 6.45) is 0.410. The van der Waals surface area contributed by atoms with E-state index in [0.29, 0.717) is 18.7 Å². The number of hydrogen-bond acceptors (Lipinski definition) is 3. The van der Waals surface area contributed by atoms with Gasteiger partial charge in [0.05, 0.1) is 0 Å². The molecule has 4 aromatic rings. The van der Waals surface area contributed by atoms with Crippen molar-refractivity contribution in [2.75, 3.05) is 13.7 Å². The van der Waals surface area contributed by atoms with Gasteiger partial charge in [-0.3, -0.25) is 9.59 Å². The Kier molecular flexibility index (Phi) is 7.56. The lowest BCUT2D eigenvalue weighted by Crippen LogP contribution is -2.51. The largest absolute Gasteiger partial charge is 0.483 e. The number of hydrogen-bond donors (Lipinski definition) is 1. The van der Waals surface area contributed by atoms with Gasteiger partial charge in [-0.25, -0.2) is 0 Å². The van der Waals surface area contributed by atoms with Crippen molar-refractivity contribution in [1.29, 1.82) is 0 Å². The van der Waals surface area contributed by atoms with E-state index in [9.17, 15) is 9.59 Å². The number of amides is 2. The van der Waals surface area contributed by atoms with Gasteiger partial charge in [0.15, 0.2) is 6.61 Å².